The van der Waals surface area contributed by atoms with Crippen LogP contribution in [0.3, 0.4) is 0 Å². The molecule has 4 bridgehead atoms. The van der Waals surface area contributed by atoms with Gasteiger partial charge in [-0.1, -0.05) is 55.5 Å². The molecule has 2 aromatic rings. The van der Waals surface area contributed by atoms with Crippen LogP contribution in [-0.4, -0.2) is 27.3 Å². The maximum atomic E-state index is 14.1. The van der Waals surface area contributed by atoms with Crippen molar-refractivity contribution in [2.24, 2.45) is 40.4 Å². The van der Waals surface area contributed by atoms with Crippen molar-refractivity contribution in [1.82, 2.24) is 0 Å². The van der Waals surface area contributed by atoms with E-state index in [1.807, 2.05) is 0 Å². The van der Waals surface area contributed by atoms with Gasteiger partial charge < -0.3 is 0 Å². The second-order valence-electron chi connectivity index (χ2n) is 10.5. The molecule has 6 heteroatoms. The van der Waals surface area contributed by atoms with Crippen molar-refractivity contribution in [3.05, 3.63) is 72.8 Å². The fourth-order valence-electron chi connectivity index (χ4n) is 9.56. The van der Waals surface area contributed by atoms with Crippen molar-refractivity contribution in [1.29, 1.82) is 0 Å². The minimum Gasteiger partial charge on any atom is -0.223 e. The number of rotatable bonds is 4. The Balaban J connectivity index is 1.46. The lowest BCUT2D eigenvalue weighted by atomic mass is 9.73. The molecule has 32 heavy (non-hydrogen) atoms. The number of hydrogen-bond acceptors (Lipinski definition) is 4. The number of benzene rings is 2. The number of hydrogen-bond donors (Lipinski definition) is 0. The van der Waals surface area contributed by atoms with Gasteiger partial charge in [0.1, 0.15) is 0 Å². The predicted octanol–water partition coefficient (Wildman–Crippen LogP) is 4.15. The molecular weight excluding hydrogens is 440 g/mol. The highest BCUT2D eigenvalue weighted by Crippen LogP contribution is 2.96. The van der Waals surface area contributed by atoms with Crippen LogP contribution in [0.5, 0.6) is 0 Å². The molecule has 0 aromatic heterocycles. The van der Waals surface area contributed by atoms with Gasteiger partial charge in [-0.3, -0.25) is 0 Å². The van der Waals surface area contributed by atoms with Crippen molar-refractivity contribution < 1.29 is 16.8 Å². The Morgan fingerprint density at radius 3 is 1.47 bits per heavy atom. The van der Waals surface area contributed by atoms with E-state index in [4.69, 9.17) is 0 Å². The highest BCUT2D eigenvalue weighted by Gasteiger charge is 2.95. The Bertz CT molecular complexity index is 1260. The summed E-state index contributed by atoms with van der Waals surface area (Å²) >= 11 is 0. The van der Waals surface area contributed by atoms with E-state index in [0.717, 1.165) is 6.42 Å². The molecule has 4 nitrogen and oxygen atoms in total. The molecule has 7 rings (SSSR count). The molecule has 4 fully saturated rings. The summed E-state index contributed by atoms with van der Waals surface area (Å²) < 4.78 is 56.4. The molecular formula is C26H26O4S2. The lowest BCUT2D eigenvalue weighted by Gasteiger charge is -2.40. The second kappa shape index (κ2) is 5.76. The minimum atomic E-state index is -3.81. The van der Waals surface area contributed by atoms with Gasteiger partial charge in [0, 0.05) is 0 Å². The van der Waals surface area contributed by atoms with E-state index in [2.05, 4.69) is 19.1 Å². The molecule has 0 spiro atoms. The first kappa shape index (κ1) is 19.5. The molecule has 2 aromatic carbocycles. The zero-order valence-corrected chi connectivity index (χ0v) is 19.5. The van der Waals surface area contributed by atoms with E-state index in [1.54, 1.807) is 60.7 Å². The summed E-state index contributed by atoms with van der Waals surface area (Å²) in [5.74, 6) is 0.965. The summed E-state index contributed by atoms with van der Waals surface area (Å²) in [6.07, 6.45) is 6.39. The number of sulfone groups is 2. The minimum absolute atomic E-state index is 0.0354. The lowest BCUT2D eigenvalue weighted by Crippen LogP contribution is -2.50. The predicted molar refractivity (Wildman–Crippen MR) is 121 cm³/mol. The highest BCUT2D eigenvalue weighted by atomic mass is 32.2. The van der Waals surface area contributed by atoms with Crippen molar-refractivity contribution in [2.45, 2.75) is 40.1 Å². The SMILES string of the molecule is CC1[C@@]23[C@H]4C=C[C@@H](C4)[C@@]12[C@H]1C[C@H]3[C@H](S(=O)(=O)c2ccccc2)[C@H]1S(=O)(=O)c1ccccc1. The molecule has 0 amide bonds. The first-order valence-electron chi connectivity index (χ1n) is 11.6. The Kier molecular flexibility index (Phi) is 3.52. The van der Waals surface area contributed by atoms with Gasteiger partial charge >= 0.3 is 0 Å². The molecule has 166 valence electrons. The molecule has 0 saturated heterocycles. The fourth-order valence-corrected chi connectivity index (χ4v) is 14.8. The molecule has 0 radical (unpaired) electrons. The van der Waals surface area contributed by atoms with Crippen LogP contribution >= 0.6 is 0 Å². The van der Waals surface area contributed by atoms with Crippen molar-refractivity contribution in [2.75, 3.05) is 0 Å². The van der Waals surface area contributed by atoms with Gasteiger partial charge in [0.15, 0.2) is 19.7 Å². The van der Waals surface area contributed by atoms with Gasteiger partial charge in [0.05, 0.1) is 20.3 Å². The van der Waals surface area contributed by atoms with Crippen molar-refractivity contribution in [3.63, 3.8) is 0 Å². The maximum absolute atomic E-state index is 14.1. The van der Waals surface area contributed by atoms with E-state index in [0.29, 0.717) is 24.2 Å². The Morgan fingerprint density at radius 2 is 1.06 bits per heavy atom. The van der Waals surface area contributed by atoms with Gasteiger partial charge in [-0.05, 0) is 77.5 Å². The normalized spacial score (nSPS) is 45.1. The van der Waals surface area contributed by atoms with Gasteiger partial charge in [0.25, 0.3) is 0 Å². The smallest absolute Gasteiger partial charge is 0.182 e. The lowest BCUT2D eigenvalue weighted by molar-refractivity contribution is 0.209. The standard InChI is InChI=1S/C26H26O4S2/c1-16-25-17-12-13-18(14-17)26(16,25)22-15-21(25)23(31(27,28)19-8-4-2-5-9-19)24(22)32(29,30)20-10-6-3-7-11-20/h2-13,16-18,21-24H,14-15H2,1H3/t16?,17-,18-,21-,22-,23-,24-,25-,26+/m0/s1. The van der Waals surface area contributed by atoms with Crippen LogP contribution in [0, 0.1) is 40.4 Å². The maximum Gasteiger partial charge on any atom is 0.182 e. The van der Waals surface area contributed by atoms with Crippen LogP contribution in [0.1, 0.15) is 19.8 Å². The first-order valence-corrected chi connectivity index (χ1v) is 14.7. The average Bonchev–Trinajstić information content (AvgIpc) is 3.35. The summed E-state index contributed by atoms with van der Waals surface area (Å²) in [5, 5.41) is -1.77. The average molecular weight is 467 g/mol. The summed E-state index contributed by atoms with van der Waals surface area (Å²) in [7, 11) is -7.61. The Morgan fingerprint density at radius 1 is 0.656 bits per heavy atom. The van der Waals surface area contributed by atoms with Crippen molar-refractivity contribution >= 4 is 19.7 Å². The van der Waals surface area contributed by atoms with Gasteiger partial charge in [0.2, 0.25) is 0 Å². The van der Waals surface area contributed by atoms with Crippen LogP contribution in [0.25, 0.3) is 0 Å². The molecule has 0 aliphatic heterocycles. The quantitative estimate of drug-likeness (QED) is 0.635. The molecule has 0 N–H and O–H groups in total. The van der Waals surface area contributed by atoms with Crippen molar-refractivity contribution in [3.8, 4) is 0 Å². The highest BCUT2D eigenvalue weighted by molar-refractivity contribution is 7.96. The summed E-state index contributed by atoms with van der Waals surface area (Å²) in [5.41, 5.74) is -0.0708. The molecule has 4 saturated carbocycles. The zero-order valence-electron chi connectivity index (χ0n) is 17.8. The van der Waals surface area contributed by atoms with E-state index in [1.165, 1.54) is 0 Å². The van der Waals surface area contributed by atoms with E-state index in [9.17, 15) is 16.8 Å². The number of allylic oxidation sites excluding steroid dienone is 2. The molecule has 5 aliphatic rings. The van der Waals surface area contributed by atoms with Crippen LogP contribution < -0.4 is 0 Å². The van der Waals surface area contributed by atoms with Crippen LogP contribution in [0.4, 0.5) is 0 Å². The van der Waals surface area contributed by atoms with Crippen LogP contribution in [0.15, 0.2) is 82.6 Å². The summed E-state index contributed by atoms with van der Waals surface area (Å²) in [6.45, 7) is 2.26. The second-order valence-corrected chi connectivity index (χ2v) is 14.7. The molecule has 1 unspecified atom stereocenters. The third-order valence-electron chi connectivity index (χ3n) is 10.1. The largest absolute Gasteiger partial charge is 0.223 e. The van der Waals surface area contributed by atoms with Gasteiger partial charge in [-0.25, -0.2) is 16.8 Å². The fraction of sp³-hybridized carbons (Fsp3) is 0.462. The topological polar surface area (TPSA) is 68.3 Å². The van der Waals surface area contributed by atoms with Crippen LogP contribution in [-0.2, 0) is 19.7 Å². The molecule has 9 atom stereocenters. The van der Waals surface area contributed by atoms with E-state index < -0.39 is 30.2 Å². The molecule has 5 aliphatic carbocycles. The number of fused-ring (bicyclic) bond motifs is 4. The third-order valence-corrected chi connectivity index (χ3v) is 14.8. The molecule has 0 heterocycles. The monoisotopic (exact) mass is 466 g/mol. The third kappa shape index (κ3) is 1.83. The van der Waals surface area contributed by atoms with E-state index >= 15 is 0 Å². The van der Waals surface area contributed by atoms with Gasteiger partial charge in [-0.15, -0.1) is 0 Å². The van der Waals surface area contributed by atoms with Gasteiger partial charge in [-0.2, -0.15) is 0 Å². The first-order chi connectivity index (χ1) is 15.3. The Hall–Kier alpha value is -1.92. The van der Waals surface area contributed by atoms with Crippen LogP contribution in [0.2, 0.25) is 0 Å². The zero-order chi connectivity index (χ0) is 22.1. The van der Waals surface area contributed by atoms with E-state index in [-0.39, 0.29) is 32.5 Å². The Labute approximate surface area is 189 Å². The summed E-state index contributed by atoms with van der Waals surface area (Å²) in [6, 6.07) is 17.0. The summed E-state index contributed by atoms with van der Waals surface area (Å²) in [4.78, 5) is 0.500.